The van der Waals surface area contributed by atoms with Crippen LogP contribution in [0.15, 0.2) is 85.2 Å². The molecular formula is C30H33N3O4. The highest BCUT2D eigenvalue weighted by atomic mass is 16.5. The molecule has 0 fully saturated rings. The lowest BCUT2D eigenvalue weighted by Gasteiger charge is -2.37. The van der Waals surface area contributed by atoms with Crippen LogP contribution in [-0.4, -0.2) is 42.0 Å². The van der Waals surface area contributed by atoms with E-state index in [1.165, 1.54) is 0 Å². The number of methoxy groups -OCH3 is 2. The van der Waals surface area contributed by atoms with E-state index < -0.39 is 6.04 Å². The van der Waals surface area contributed by atoms with E-state index >= 15 is 0 Å². The van der Waals surface area contributed by atoms with Gasteiger partial charge in [-0.25, -0.2) is 0 Å². The molecule has 1 aromatic heterocycles. The molecule has 7 heteroatoms. The highest BCUT2D eigenvalue weighted by Crippen LogP contribution is 2.32. The van der Waals surface area contributed by atoms with Gasteiger partial charge in [0.2, 0.25) is 11.8 Å². The standard InChI is InChI=1S/C30H33N3O4/c1-36-25-15-16-26(27(19-25)37-2)32-30(35)29(24-13-7-4-8-14-24)33(21-23-12-9-17-31-20-23)28(34)18-22-10-5-3-6-11-22/h3-7,9-12,15-17,19-20,24,29H,8,13-14,18,21H2,1-2H3,(H,32,35)/t24-,29+/m0/s1. The van der Waals surface area contributed by atoms with E-state index in [0.29, 0.717) is 17.2 Å². The number of hydrogen-bond acceptors (Lipinski definition) is 5. The van der Waals surface area contributed by atoms with E-state index in [4.69, 9.17) is 9.47 Å². The van der Waals surface area contributed by atoms with Gasteiger partial charge in [-0.15, -0.1) is 0 Å². The molecule has 2 aromatic carbocycles. The summed E-state index contributed by atoms with van der Waals surface area (Å²) in [6.45, 7) is 0.289. The lowest BCUT2D eigenvalue weighted by molar-refractivity contribution is -0.141. The largest absolute Gasteiger partial charge is 0.497 e. The Morgan fingerprint density at radius 3 is 2.51 bits per heavy atom. The second-order valence-corrected chi connectivity index (χ2v) is 9.09. The van der Waals surface area contributed by atoms with Gasteiger partial charge < -0.3 is 19.7 Å². The highest BCUT2D eigenvalue weighted by molar-refractivity contribution is 5.98. The minimum absolute atomic E-state index is 0.0226. The molecule has 1 heterocycles. The van der Waals surface area contributed by atoms with Crippen molar-refractivity contribution in [2.45, 2.75) is 38.3 Å². The molecule has 37 heavy (non-hydrogen) atoms. The Labute approximate surface area is 218 Å². The maximum atomic E-state index is 14.0. The smallest absolute Gasteiger partial charge is 0.247 e. The van der Waals surface area contributed by atoms with Crippen molar-refractivity contribution in [3.63, 3.8) is 0 Å². The number of carbonyl (C=O) groups is 2. The number of pyridine rings is 1. The predicted molar refractivity (Wildman–Crippen MR) is 143 cm³/mol. The number of nitrogens with one attached hydrogen (secondary N) is 1. The average Bonchev–Trinajstić information content (AvgIpc) is 2.94. The van der Waals surface area contributed by atoms with Gasteiger partial charge in [0.15, 0.2) is 0 Å². The topological polar surface area (TPSA) is 80.8 Å². The van der Waals surface area contributed by atoms with Gasteiger partial charge in [0.05, 0.1) is 26.3 Å². The number of anilines is 1. The fraction of sp³-hybridized carbons (Fsp3) is 0.300. The number of benzene rings is 2. The Kier molecular flexibility index (Phi) is 8.92. The van der Waals surface area contributed by atoms with Gasteiger partial charge >= 0.3 is 0 Å². The van der Waals surface area contributed by atoms with Crippen LogP contribution >= 0.6 is 0 Å². The molecule has 0 unspecified atom stereocenters. The summed E-state index contributed by atoms with van der Waals surface area (Å²) in [4.78, 5) is 33.8. The van der Waals surface area contributed by atoms with E-state index in [9.17, 15) is 9.59 Å². The summed E-state index contributed by atoms with van der Waals surface area (Å²) in [5.41, 5.74) is 2.31. The zero-order chi connectivity index (χ0) is 26.0. The molecule has 1 aliphatic carbocycles. The van der Waals surface area contributed by atoms with Crippen LogP contribution in [0.4, 0.5) is 5.69 Å². The zero-order valence-corrected chi connectivity index (χ0v) is 21.3. The van der Waals surface area contributed by atoms with Crippen molar-refractivity contribution < 1.29 is 19.1 Å². The summed E-state index contributed by atoms with van der Waals surface area (Å²) in [5.74, 6) is 0.746. The minimum atomic E-state index is -0.673. The van der Waals surface area contributed by atoms with Crippen LogP contribution < -0.4 is 14.8 Å². The van der Waals surface area contributed by atoms with Crippen LogP contribution in [0, 0.1) is 5.92 Å². The number of hydrogen-bond donors (Lipinski definition) is 1. The molecule has 1 aliphatic rings. The van der Waals surface area contributed by atoms with Gasteiger partial charge in [-0.1, -0.05) is 48.6 Å². The van der Waals surface area contributed by atoms with Crippen molar-refractivity contribution in [3.05, 3.63) is 96.3 Å². The van der Waals surface area contributed by atoms with Crippen molar-refractivity contribution in [3.8, 4) is 11.5 Å². The SMILES string of the molecule is COc1ccc(NC(=O)[C@@H]([C@H]2CC=CCC2)N(Cc2cccnc2)C(=O)Cc2ccccc2)c(OC)c1. The van der Waals surface area contributed by atoms with Crippen molar-refractivity contribution in [1.29, 1.82) is 0 Å². The fourth-order valence-electron chi connectivity index (χ4n) is 4.72. The van der Waals surface area contributed by atoms with Gasteiger partial charge in [-0.2, -0.15) is 0 Å². The Morgan fingerprint density at radius 2 is 1.84 bits per heavy atom. The number of allylic oxidation sites excluding steroid dienone is 2. The molecular weight excluding hydrogens is 466 g/mol. The van der Waals surface area contributed by atoms with Crippen LogP contribution in [0.1, 0.15) is 30.4 Å². The number of carbonyl (C=O) groups excluding carboxylic acids is 2. The predicted octanol–water partition coefficient (Wildman–Crippen LogP) is 5.03. The van der Waals surface area contributed by atoms with Gasteiger partial charge in [0.1, 0.15) is 17.5 Å². The van der Waals surface area contributed by atoms with Crippen LogP contribution in [-0.2, 0) is 22.6 Å². The molecule has 0 aliphatic heterocycles. The van der Waals surface area contributed by atoms with Crippen molar-refractivity contribution >= 4 is 17.5 Å². The lowest BCUT2D eigenvalue weighted by atomic mass is 9.85. The Bertz CT molecular complexity index is 1210. The maximum absolute atomic E-state index is 14.0. The number of amides is 2. The summed E-state index contributed by atoms with van der Waals surface area (Å²) in [6, 6.07) is 18.0. The molecule has 3 aromatic rings. The molecule has 0 bridgehead atoms. The van der Waals surface area contributed by atoms with Crippen molar-refractivity contribution in [2.75, 3.05) is 19.5 Å². The average molecular weight is 500 g/mol. The molecule has 1 N–H and O–H groups in total. The third-order valence-corrected chi connectivity index (χ3v) is 6.62. The molecule has 0 radical (unpaired) electrons. The number of rotatable bonds is 10. The Hall–Kier alpha value is -4.13. The van der Waals surface area contributed by atoms with E-state index in [2.05, 4.69) is 22.5 Å². The molecule has 0 saturated heterocycles. The van der Waals surface area contributed by atoms with Crippen LogP contribution in [0.2, 0.25) is 0 Å². The maximum Gasteiger partial charge on any atom is 0.247 e. The molecule has 4 rings (SSSR count). The van der Waals surface area contributed by atoms with Crippen molar-refractivity contribution in [1.82, 2.24) is 9.88 Å². The van der Waals surface area contributed by atoms with E-state index in [0.717, 1.165) is 30.4 Å². The first-order chi connectivity index (χ1) is 18.1. The minimum Gasteiger partial charge on any atom is -0.497 e. The van der Waals surface area contributed by atoms with Gasteiger partial charge in [0.25, 0.3) is 0 Å². The first-order valence-corrected chi connectivity index (χ1v) is 12.5. The second kappa shape index (κ2) is 12.7. The lowest BCUT2D eigenvalue weighted by Crippen LogP contribution is -2.51. The first-order valence-electron chi connectivity index (χ1n) is 12.5. The van der Waals surface area contributed by atoms with Crippen LogP contribution in [0.3, 0.4) is 0 Å². The number of ether oxygens (including phenoxy) is 2. The Balaban J connectivity index is 1.69. The summed E-state index contributed by atoms with van der Waals surface area (Å²) in [7, 11) is 3.13. The molecule has 2 atom stereocenters. The molecule has 0 spiro atoms. The summed E-state index contributed by atoms with van der Waals surface area (Å²) >= 11 is 0. The first kappa shape index (κ1) is 25.9. The van der Waals surface area contributed by atoms with Gasteiger partial charge in [0, 0.05) is 25.0 Å². The third-order valence-electron chi connectivity index (χ3n) is 6.62. The molecule has 0 saturated carbocycles. The quantitative estimate of drug-likeness (QED) is 0.396. The number of aromatic nitrogens is 1. The summed E-state index contributed by atoms with van der Waals surface area (Å²) < 4.78 is 10.8. The van der Waals surface area contributed by atoms with E-state index in [1.807, 2.05) is 42.5 Å². The second-order valence-electron chi connectivity index (χ2n) is 9.09. The monoisotopic (exact) mass is 499 g/mol. The molecule has 192 valence electrons. The molecule has 2 amide bonds. The summed E-state index contributed by atoms with van der Waals surface area (Å²) in [5, 5.41) is 3.04. The van der Waals surface area contributed by atoms with Gasteiger partial charge in [-0.05, 0) is 54.5 Å². The third kappa shape index (κ3) is 6.76. The van der Waals surface area contributed by atoms with Crippen molar-refractivity contribution in [2.24, 2.45) is 5.92 Å². The zero-order valence-electron chi connectivity index (χ0n) is 21.3. The fourth-order valence-corrected chi connectivity index (χ4v) is 4.72. The van der Waals surface area contributed by atoms with Gasteiger partial charge in [-0.3, -0.25) is 14.6 Å². The van der Waals surface area contributed by atoms with E-state index in [-0.39, 0.29) is 30.7 Å². The van der Waals surface area contributed by atoms with Crippen LogP contribution in [0.5, 0.6) is 11.5 Å². The number of nitrogens with zero attached hydrogens (tertiary/aromatic N) is 2. The Morgan fingerprint density at radius 1 is 1.03 bits per heavy atom. The summed E-state index contributed by atoms with van der Waals surface area (Å²) in [6.07, 6.45) is 10.3. The van der Waals surface area contributed by atoms with E-state index in [1.54, 1.807) is 49.7 Å². The highest BCUT2D eigenvalue weighted by Gasteiger charge is 2.37. The molecule has 7 nitrogen and oxygen atoms in total. The van der Waals surface area contributed by atoms with Crippen LogP contribution in [0.25, 0.3) is 0 Å². The normalized spacial score (nSPS) is 15.5.